The zero-order chi connectivity index (χ0) is 14.4. The highest BCUT2D eigenvalue weighted by molar-refractivity contribution is 4.88. The van der Waals surface area contributed by atoms with E-state index in [1.165, 1.54) is 45.6 Å². The van der Waals surface area contributed by atoms with Crippen molar-refractivity contribution in [3.8, 4) is 0 Å². The predicted octanol–water partition coefficient (Wildman–Crippen LogP) is 1.56. The van der Waals surface area contributed by atoms with Crippen LogP contribution < -0.4 is 5.32 Å². The molecule has 0 radical (unpaired) electrons. The average molecular weight is 283 g/mol. The van der Waals surface area contributed by atoms with E-state index in [2.05, 4.69) is 36.0 Å². The smallest absolute Gasteiger partial charge is 0.0692 e. The topological polar surface area (TPSA) is 27.7 Å². The largest absolute Gasteiger partial charge is 0.375 e. The molecule has 0 aromatic rings. The van der Waals surface area contributed by atoms with Gasteiger partial charge in [0.2, 0.25) is 0 Å². The van der Waals surface area contributed by atoms with Crippen molar-refractivity contribution in [2.45, 2.75) is 51.2 Å². The minimum absolute atomic E-state index is 0.143. The van der Waals surface area contributed by atoms with Gasteiger partial charge in [-0.2, -0.15) is 0 Å². The third kappa shape index (κ3) is 4.42. The molecule has 0 aliphatic carbocycles. The molecule has 0 aromatic heterocycles. The van der Waals surface area contributed by atoms with E-state index < -0.39 is 0 Å². The van der Waals surface area contributed by atoms with Crippen LogP contribution >= 0.6 is 0 Å². The Bertz CT molecular complexity index is 273. The number of hydrogen-bond donors (Lipinski definition) is 1. The molecule has 4 heteroatoms. The first-order valence-electron chi connectivity index (χ1n) is 8.45. The van der Waals surface area contributed by atoms with Gasteiger partial charge >= 0.3 is 0 Å². The fourth-order valence-electron chi connectivity index (χ4n) is 3.44. The second-order valence-corrected chi connectivity index (χ2v) is 6.53. The van der Waals surface area contributed by atoms with Crippen LogP contribution in [-0.4, -0.2) is 74.4 Å². The van der Waals surface area contributed by atoms with Crippen molar-refractivity contribution in [2.75, 3.05) is 52.9 Å². The summed E-state index contributed by atoms with van der Waals surface area (Å²) in [5.74, 6) is 0. The van der Waals surface area contributed by atoms with Gasteiger partial charge in [-0.25, -0.2) is 0 Å². The van der Waals surface area contributed by atoms with Crippen LogP contribution in [0.3, 0.4) is 0 Å². The van der Waals surface area contributed by atoms with Crippen LogP contribution in [-0.2, 0) is 4.74 Å². The van der Waals surface area contributed by atoms with Crippen LogP contribution in [0.1, 0.15) is 39.5 Å². The van der Waals surface area contributed by atoms with Gasteiger partial charge in [0.1, 0.15) is 0 Å². The molecule has 2 aliphatic heterocycles. The number of nitrogens with one attached hydrogen (secondary N) is 1. The van der Waals surface area contributed by atoms with Gasteiger partial charge in [0.15, 0.2) is 0 Å². The van der Waals surface area contributed by atoms with Crippen LogP contribution in [0.15, 0.2) is 0 Å². The quantitative estimate of drug-likeness (QED) is 0.801. The molecule has 0 amide bonds. The van der Waals surface area contributed by atoms with E-state index in [4.69, 9.17) is 4.74 Å². The number of ether oxygens (including phenoxy) is 1. The van der Waals surface area contributed by atoms with Crippen LogP contribution in [0.25, 0.3) is 0 Å². The maximum atomic E-state index is 6.05. The number of hydrogen-bond acceptors (Lipinski definition) is 4. The van der Waals surface area contributed by atoms with Crippen molar-refractivity contribution in [1.29, 1.82) is 0 Å². The Balaban J connectivity index is 1.66. The lowest BCUT2D eigenvalue weighted by atomic mass is 9.86. The average Bonchev–Trinajstić information content (AvgIpc) is 2.49. The van der Waals surface area contributed by atoms with E-state index in [0.717, 1.165) is 26.0 Å². The predicted molar refractivity (Wildman–Crippen MR) is 84.2 cm³/mol. The van der Waals surface area contributed by atoms with Gasteiger partial charge in [0.05, 0.1) is 5.60 Å². The lowest BCUT2D eigenvalue weighted by molar-refractivity contribution is -0.0931. The molecule has 2 aliphatic rings. The Morgan fingerprint density at radius 3 is 2.50 bits per heavy atom. The second-order valence-electron chi connectivity index (χ2n) is 6.53. The Morgan fingerprint density at radius 1 is 1.15 bits per heavy atom. The lowest BCUT2D eigenvalue weighted by Crippen LogP contribution is -2.50. The number of likely N-dealkylation sites (N-methyl/N-ethyl adjacent to an activating group) is 1. The summed E-state index contributed by atoms with van der Waals surface area (Å²) in [5.41, 5.74) is 0.143. The molecule has 0 saturated carbocycles. The molecule has 20 heavy (non-hydrogen) atoms. The van der Waals surface area contributed by atoms with Crippen LogP contribution in [0.5, 0.6) is 0 Å². The van der Waals surface area contributed by atoms with Crippen LogP contribution in [0.2, 0.25) is 0 Å². The fourth-order valence-corrected chi connectivity index (χ4v) is 3.44. The summed E-state index contributed by atoms with van der Waals surface area (Å²) in [7, 11) is 2.21. The van der Waals surface area contributed by atoms with Gasteiger partial charge in [0.25, 0.3) is 0 Å². The van der Waals surface area contributed by atoms with E-state index in [1.807, 2.05) is 0 Å². The van der Waals surface area contributed by atoms with Crippen molar-refractivity contribution >= 4 is 0 Å². The molecular formula is C16H33N3O. The summed E-state index contributed by atoms with van der Waals surface area (Å²) >= 11 is 0. The van der Waals surface area contributed by atoms with Crippen molar-refractivity contribution < 1.29 is 4.74 Å². The highest BCUT2D eigenvalue weighted by Gasteiger charge is 2.34. The molecule has 2 saturated heterocycles. The van der Waals surface area contributed by atoms with Gasteiger partial charge < -0.3 is 15.0 Å². The Hall–Kier alpha value is -0.160. The minimum Gasteiger partial charge on any atom is -0.375 e. The molecule has 2 heterocycles. The summed E-state index contributed by atoms with van der Waals surface area (Å²) in [5, 5.41) is 3.77. The number of piperazine rings is 1. The van der Waals surface area contributed by atoms with Crippen molar-refractivity contribution in [2.24, 2.45) is 0 Å². The van der Waals surface area contributed by atoms with E-state index in [-0.39, 0.29) is 5.60 Å². The highest BCUT2D eigenvalue weighted by Crippen LogP contribution is 2.31. The first kappa shape index (κ1) is 16.2. The molecule has 4 nitrogen and oxygen atoms in total. The Kier molecular flexibility index (Phi) is 6.27. The molecule has 0 spiro atoms. The Morgan fingerprint density at radius 2 is 1.85 bits per heavy atom. The van der Waals surface area contributed by atoms with Gasteiger partial charge in [0, 0.05) is 51.9 Å². The lowest BCUT2D eigenvalue weighted by Gasteiger charge is -2.40. The minimum atomic E-state index is 0.143. The van der Waals surface area contributed by atoms with E-state index in [0.29, 0.717) is 6.04 Å². The molecule has 118 valence electrons. The normalized spacial score (nSPS) is 28.6. The van der Waals surface area contributed by atoms with Crippen LogP contribution in [0.4, 0.5) is 0 Å². The van der Waals surface area contributed by atoms with Crippen LogP contribution in [0, 0.1) is 0 Å². The zero-order valence-electron chi connectivity index (χ0n) is 13.7. The highest BCUT2D eigenvalue weighted by atomic mass is 16.5. The summed E-state index contributed by atoms with van der Waals surface area (Å²) in [6.45, 7) is 12.6. The molecule has 1 N–H and O–H groups in total. The number of nitrogens with zero attached hydrogens (tertiary/aromatic N) is 2. The summed E-state index contributed by atoms with van der Waals surface area (Å²) in [6, 6.07) is 0.649. The molecular weight excluding hydrogens is 250 g/mol. The SMILES string of the molecule is CCC1(CC)CC(NCCN2CCN(C)CC2)CCO1. The van der Waals surface area contributed by atoms with Crippen molar-refractivity contribution in [1.82, 2.24) is 15.1 Å². The van der Waals surface area contributed by atoms with Crippen molar-refractivity contribution in [3.05, 3.63) is 0 Å². The van der Waals surface area contributed by atoms with Gasteiger partial charge in [-0.05, 0) is 32.7 Å². The maximum Gasteiger partial charge on any atom is 0.0692 e. The fraction of sp³-hybridized carbons (Fsp3) is 1.00. The molecule has 1 unspecified atom stereocenters. The Labute approximate surface area is 124 Å². The molecule has 0 bridgehead atoms. The maximum absolute atomic E-state index is 6.05. The first-order valence-corrected chi connectivity index (χ1v) is 8.45. The summed E-state index contributed by atoms with van der Waals surface area (Å²) in [4.78, 5) is 5.00. The summed E-state index contributed by atoms with van der Waals surface area (Å²) < 4.78 is 6.05. The zero-order valence-corrected chi connectivity index (χ0v) is 13.7. The van der Waals surface area contributed by atoms with E-state index in [9.17, 15) is 0 Å². The van der Waals surface area contributed by atoms with Gasteiger partial charge in [-0.3, -0.25) is 4.90 Å². The third-order valence-corrected chi connectivity index (χ3v) is 5.24. The number of rotatable bonds is 6. The molecule has 1 atom stereocenters. The summed E-state index contributed by atoms with van der Waals surface area (Å²) in [6.07, 6.45) is 4.63. The monoisotopic (exact) mass is 283 g/mol. The third-order valence-electron chi connectivity index (χ3n) is 5.24. The van der Waals surface area contributed by atoms with Gasteiger partial charge in [-0.15, -0.1) is 0 Å². The van der Waals surface area contributed by atoms with E-state index in [1.54, 1.807) is 0 Å². The van der Waals surface area contributed by atoms with Gasteiger partial charge in [-0.1, -0.05) is 13.8 Å². The molecule has 2 fully saturated rings. The standard InChI is InChI=1S/C16H33N3O/c1-4-16(5-2)14-15(6-13-20-16)17-7-8-19-11-9-18(3)10-12-19/h15,17H,4-14H2,1-3H3. The second kappa shape index (κ2) is 7.74. The molecule has 2 rings (SSSR count). The van der Waals surface area contributed by atoms with Crippen molar-refractivity contribution in [3.63, 3.8) is 0 Å². The van der Waals surface area contributed by atoms with E-state index >= 15 is 0 Å². The molecule has 0 aromatic carbocycles. The first-order chi connectivity index (χ1) is 9.67.